The van der Waals surface area contributed by atoms with Crippen LogP contribution in [0.2, 0.25) is 0 Å². The van der Waals surface area contributed by atoms with Crippen molar-refractivity contribution in [2.75, 3.05) is 18.4 Å². The molecule has 1 atom stereocenters. The summed E-state index contributed by atoms with van der Waals surface area (Å²) in [6.45, 7) is 2.47. The zero-order valence-electron chi connectivity index (χ0n) is 14.1. The number of hydrogen-bond acceptors (Lipinski definition) is 6. The van der Waals surface area contributed by atoms with E-state index in [1.807, 2.05) is 6.07 Å². The van der Waals surface area contributed by atoms with Gasteiger partial charge in [0.2, 0.25) is 0 Å². The number of nitriles is 1. The number of carbonyl (C=O) groups is 1. The van der Waals surface area contributed by atoms with Crippen molar-refractivity contribution in [3.05, 3.63) is 64.2 Å². The lowest BCUT2D eigenvalue weighted by atomic mass is 10.2. The van der Waals surface area contributed by atoms with Gasteiger partial charge in [0.15, 0.2) is 6.10 Å². The molecule has 0 saturated carbocycles. The molecule has 0 aromatic heterocycles. The summed E-state index contributed by atoms with van der Waals surface area (Å²) in [4.78, 5) is 22.1. The Morgan fingerprint density at radius 1 is 1.19 bits per heavy atom. The van der Waals surface area contributed by atoms with Crippen LogP contribution in [0.4, 0.5) is 11.4 Å². The SMILES string of the molecule is C[C@H](Oc1ccc(C#N)cc1)C(=O)NCCNc1ccc([N+](=O)[O-])cc1. The fourth-order valence-electron chi connectivity index (χ4n) is 2.10. The predicted octanol–water partition coefficient (Wildman–Crippen LogP) is 2.46. The highest BCUT2D eigenvalue weighted by Gasteiger charge is 2.14. The average Bonchev–Trinajstić information content (AvgIpc) is 2.66. The van der Waals surface area contributed by atoms with Crippen molar-refractivity contribution in [1.29, 1.82) is 5.26 Å². The number of amides is 1. The maximum absolute atomic E-state index is 12.0. The van der Waals surface area contributed by atoms with Gasteiger partial charge in [-0.2, -0.15) is 5.26 Å². The maximum atomic E-state index is 12.0. The molecule has 0 saturated heterocycles. The monoisotopic (exact) mass is 354 g/mol. The van der Waals surface area contributed by atoms with Gasteiger partial charge in [-0.15, -0.1) is 0 Å². The van der Waals surface area contributed by atoms with Gasteiger partial charge in [0.25, 0.3) is 11.6 Å². The number of nitrogens with one attached hydrogen (secondary N) is 2. The van der Waals surface area contributed by atoms with Crippen LogP contribution in [0.25, 0.3) is 0 Å². The number of hydrogen-bond donors (Lipinski definition) is 2. The van der Waals surface area contributed by atoms with E-state index < -0.39 is 11.0 Å². The lowest BCUT2D eigenvalue weighted by Crippen LogP contribution is -2.38. The van der Waals surface area contributed by atoms with Crippen molar-refractivity contribution < 1.29 is 14.5 Å². The van der Waals surface area contributed by atoms with Crippen LogP contribution in [0, 0.1) is 21.4 Å². The van der Waals surface area contributed by atoms with Crippen molar-refractivity contribution in [3.8, 4) is 11.8 Å². The largest absolute Gasteiger partial charge is 0.481 e. The van der Waals surface area contributed by atoms with E-state index in [1.165, 1.54) is 12.1 Å². The van der Waals surface area contributed by atoms with Crippen molar-refractivity contribution in [1.82, 2.24) is 5.32 Å². The Balaban J connectivity index is 1.72. The first-order chi connectivity index (χ1) is 12.5. The lowest BCUT2D eigenvalue weighted by molar-refractivity contribution is -0.384. The van der Waals surface area contributed by atoms with Gasteiger partial charge in [0, 0.05) is 30.9 Å². The predicted molar refractivity (Wildman–Crippen MR) is 95.8 cm³/mol. The second-order valence-corrected chi connectivity index (χ2v) is 5.42. The molecule has 8 heteroatoms. The molecule has 134 valence electrons. The summed E-state index contributed by atoms with van der Waals surface area (Å²) in [7, 11) is 0. The van der Waals surface area contributed by atoms with Gasteiger partial charge in [-0.1, -0.05) is 0 Å². The van der Waals surface area contributed by atoms with Crippen molar-refractivity contribution in [2.24, 2.45) is 0 Å². The maximum Gasteiger partial charge on any atom is 0.269 e. The number of nitrogens with zero attached hydrogens (tertiary/aromatic N) is 2. The third-order valence-electron chi connectivity index (χ3n) is 3.50. The van der Waals surface area contributed by atoms with Crippen LogP contribution < -0.4 is 15.4 Å². The number of benzene rings is 2. The highest BCUT2D eigenvalue weighted by molar-refractivity contribution is 5.80. The smallest absolute Gasteiger partial charge is 0.269 e. The zero-order valence-corrected chi connectivity index (χ0v) is 14.1. The quantitative estimate of drug-likeness (QED) is 0.427. The molecule has 0 aliphatic heterocycles. The molecule has 1 amide bonds. The van der Waals surface area contributed by atoms with Crippen molar-refractivity contribution in [3.63, 3.8) is 0 Å². The number of anilines is 1. The number of nitro benzene ring substituents is 1. The molecule has 2 aromatic carbocycles. The Hall–Kier alpha value is -3.60. The molecule has 0 aliphatic rings. The van der Waals surface area contributed by atoms with E-state index in [9.17, 15) is 14.9 Å². The Kier molecular flexibility index (Phi) is 6.51. The molecular formula is C18H18N4O4. The average molecular weight is 354 g/mol. The molecule has 2 aromatic rings. The van der Waals surface area contributed by atoms with E-state index in [1.54, 1.807) is 43.3 Å². The van der Waals surface area contributed by atoms with E-state index >= 15 is 0 Å². The van der Waals surface area contributed by atoms with E-state index in [0.29, 0.717) is 24.4 Å². The molecule has 2 rings (SSSR count). The topological polar surface area (TPSA) is 117 Å². The fraction of sp³-hybridized carbons (Fsp3) is 0.222. The standard InChI is InChI=1S/C18H18N4O4/c1-13(26-17-8-2-14(12-19)3-9-17)18(23)21-11-10-20-15-4-6-16(7-5-15)22(24)25/h2-9,13,20H,10-11H2,1H3,(H,21,23)/t13-/m0/s1. The molecule has 0 unspecified atom stereocenters. The van der Waals surface area contributed by atoms with Gasteiger partial charge in [0.05, 0.1) is 16.6 Å². The molecule has 26 heavy (non-hydrogen) atoms. The third kappa shape index (κ3) is 5.49. The molecule has 0 bridgehead atoms. The number of nitro groups is 1. The van der Waals surface area contributed by atoms with E-state index in [4.69, 9.17) is 10.00 Å². The molecule has 2 N–H and O–H groups in total. The number of rotatable bonds is 8. The summed E-state index contributed by atoms with van der Waals surface area (Å²) >= 11 is 0. The Labute approximate surface area is 150 Å². The van der Waals surface area contributed by atoms with Gasteiger partial charge in [-0.3, -0.25) is 14.9 Å². The lowest BCUT2D eigenvalue weighted by Gasteiger charge is -2.15. The summed E-state index contributed by atoms with van der Waals surface area (Å²) in [5.74, 6) is 0.246. The van der Waals surface area contributed by atoms with E-state index in [2.05, 4.69) is 10.6 Å². The van der Waals surface area contributed by atoms with Crippen LogP contribution >= 0.6 is 0 Å². The summed E-state index contributed by atoms with van der Waals surface area (Å²) in [5, 5.41) is 25.1. The second kappa shape index (κ2) is 9.03. The van der Waals surface area contributed by atoms with Crippen LogP contribution in [-0.2, 0) is 4.79 Å². The van der Waals surface area contributed by atoms with Gasteiger partial charge >= 0.3 is 0 Å². The minimum Gasteiger partial charge on any atom is -0.481 e. The van der Waals surface area contributed by atoms with Crippen LogP contribution in [0.3, 0.4) is 0 Å². The number of non-ortho nitro benzene ring substituents is 1. The highest BCUT2D eigenvalue weighted by Crippen LogP contribution is 2.15. The van der Waals surface area contributed by atoms with E-state index in [0.717, 1.165) is 5.69 Å². The van der Waals surface area contributed by atoms with Gasteiger partial charge in [-0.25, -0.2) is 0 Å². The summed E-state index contributed by atoms with van der Waals surface area (Å²) < 4.78 is 5.52. The fourth-order valence-corrected chi connectivity index (χ4v) is 2.10. The van der Waals surface area contributed by atoms with E-state index in [-0.39, 0.29) is 11.6 Å². The number of ether oxygens (including phenoxy) is 1. The van der Waals surface area contributed by atoms with Crippen LogP contribution in [0.1, 0.15) is 12.5 Å². The van der Waals surface area contributed by atoms with Gasteiger partial charge in [-0.05, 0) is 43.3 Å². The molecule has 0 fully saturated rings. The second-order valence-electron chi connectivity index (χ2n) is 5.42. The first-order valence-electron chi connectivity index (χ1n) is 7.92. The van der Waals surface area contributed by atoms with Crippen molar-refractivity contribution in [2.45, 2.75) is 13.0 Å². The summed E-state index contributed by atoms with van der Waals surface area (Å²) in [5.41, 5.74) is 1.27. The molecule has 0 spiro atoms. The minimum absolute atomic E-state index is 0.0256. The normalized spacial score (nSPS) is 11.1. The Morgan fingerprint density at radius 3 is 2.42 bits per heavy atom. The molecule has 0 radical (unpaired) electrons. The molecular weight excluding hydrogens is 336 g/mol. The summed E-state index contributed by atoms with van der Waals surface area (Å²) in [6, 6.07) is 14.6. The summed E-state index contributed by atoms with van der Waals surface area (Å²) in [6.07, 6.45) is -0.678. The molecule has 8 nitrogen and oxygen atoms in total. The van der Waals surface area contributed by atoms with Crippen LogP contribution in [0.15, 0.2) is 48.5 Å². The van der Waals surface area contributed by atoms with Crippen molar-refractivity contribution >= 4 is 17.3 Å². The Morgan fingerprint density at radius 2 is 1.85 bits per heavy atom. The van der Waals surface area contributed by atoms with Gasteiger partial charge in [0.1, 0.15) is 5.75 Å². The first kappa shape index (κ1) is 18.7. The molecule has 0 aliphatic carbocycles. The highest BCUT2D eigenvalue weighted by atomic mass is 16.6. The van der Waals surface area contributed by atoms with Crippen LogP contribution in [-0.4, -0.2) is 30.0 Å². The first-order valence-corrected chi connectivity index (χ1v) is 7.92. The minimum atomic E-state index is -0.678. The number of carbonyl (C=O) groups excluding carboxylic acids is 1. The third-order valence-corrected chi connectivity index (χ3v) is 3.50. The van der Waals surface area contributed by atoms with Crippen LogP contribution in [0.5, 0.6) is 5.75 Å². The zero-order chi connectivity index (χ0) is 18.9. The Bertz CT molecular complexity index is 797. The van der Waals surface area contributed by atoms with Gasteiger partial charge < -0.3 is 15.4 Å². The molecule has 0 heterocycles.